The van der Waals surface area contributed by atoms with Crippen LogP contribution in [0.3, 0.4) is 0 Å². The summed E-state index contributed by atoms with van der Waals surface area (Å²) in [5.74, 6) is 1.67. The van der Waals surface area contributed by atoms with Crippen LogP contribution in [0.25, 0.3) is 0 Å². The SMILES string of the molecule is C=C(CNC)CN1CCSCC1S(C)(=O)=O. The van der Waals surface area contributed by atoms with Crippen molar-refractivity contribution in [2.75, 3.05) is 44.4 Å². The highest BCUT2D eigenvalue weighted by Crippen LogP contribution is 2.20. The van der Waals surface area contributed by atoms with Gasteiger partial charge in [-0.3, -0.25) is 4.90 Å². The minimum atomic E-state index is -2.99. The van der Waals surface area contributed by atoms with Crippen LogP contribution in [0.4, 0.5) is 0 Å². The number of thioether (sulfide) groups is 1. The first kappa shape index (κ1) is 14.0. The molecular weight excluding hydrogens is 244 g/mol. The van der Waals surface area contributed by atoms with Crippen LogP contribution in [-0.2, 0) is 9.84 Å². The summed E-state index contributed by atoms with van der Waals surface area (Å²) < 4.78 is 23.3. The molecule has 1 heterocycles. The molecule has 16 heavy (non-hydrogen) atoms. The van der Waals surface area contributed by atoms with Crippen molar-refractivity contribution in [1.29, 1.82) is 0 Å². The molecular formula is C10H20N2O2S2. The Kier molecular flexibility index (Phi) is 5.30. The molecule has 1 atom stereocenters. The van der Waals surface area contributed by atoms with Gasteiger partial charge in [0.1, 0.15) is 5.37 Å². The lowest BCUT2D eigenvalue weighted by molar-refractivity contribution is 0.291. The molecule has 0 aromatic heterocycles. The topological polar surface area (TPSA) is 49.4 Å². The van der Waals surface area contributed by atoms with Crippen molar-refractivity contribution in [3.05, 3.63) is 12.2 Å². The molecule has 0 aromatic rings. The zero-order valence-electron chi connectivity index (χ0n) is 9.90. The highest BCUT2D eigenvalue weighted by molar-refractivity contribution is 8.00. The maximum atomic E-state index is 11.6. The second-order valence-corrected chi connectivity index (χ2v) is 7.46. The van der Waals surface area contributed by atoms with Crippen LogP contribution in [0.15, 0.2) is 12.2 Å². The fourth-order valence-electron chi connectivity index (χ4n) is 1.78. The van der Waals surface area contributed by atoms with Gasteiger partial charge in [0, 0.05) is 37.4 Å². The summed E-state index contributed by atoms with van der Waals surface area (Å²) in [5.41, 5.74) is 1.03. The van der Waals surface area contributed by atoms with Crippen molar-refractivity contribution in [2.24, 2.45) is 0 Å². The molecule has 4 nitrogen and oxygen atoms in total. The van der Waals surface area contributed by atoms with Gasteiger partial charge >= 0.3 is 0 Å². The molecule has 0 saturated carbocycles. The lowest BCUT2D eigenvalue weighted by Crippen LogP contribution is -2.47. The minimum Gasteiger partial charge on any atom is -0.316 e. The Morgan fingerprint density at radius 1 is 1.62 bits per heavy atom. The van der Waals surface area contributed by atoms with E-state index in [0.717, 1.165) is 24.4 Å². The number of sulfone groups is 1. The number of nitrogens with one attached hydrogen (secondary N) is 1. The van der Waals surface area contributed by atoms with Crippen LogP contribution in [0, 0.1) is 0 Å². The van der Waals surface area contributed by atoms with E-state index in [2.05, 4.69) is 11.9 Å². The normalized spacial score (nSPS) is 23.2. The summed E-state index contributed by atoms with van der Waals surface area (Å²) in [6.45, 7) is 6.18. The van der Waals surface area contributed by atoms with E-state index in [4.69, 9.17) is 0 Å². The third-order valence-corrected chi connectivity index (χ3v) is 5.23. The van der Waals surface area contributed by atoms with E-state index in [1.807, 2.05) is 11.9 Å². The van der Waals surface area contributed by atoms with Gasteiger partial charge < -0.3 is 5.32 Å². The molecule has 1 saturated heterocycles. The second kappa shape index (κ2) is 6.05. The Morgan fingerprint density at radius 2 is 2.31 bits per heavy atom. The van der Waals surface area contributed by atoms with Gasteiger partial charge in [-0.1, -0.05) is 6.58 Å². The van der Waals surface area contributed by atoms with Crippen LogP contribution in [0.1, 0.15) is 0 Å². The van der Waals surface area contributed by atoms with E-state index >= 15 is 0 Å². The van der Waals surface area contributed by atoms with Gasteiger partial charge in [0.05, 0.1) is 0 Å². The van der Waals surface area contributed by atoms with Crippen molar-refractivity contribution in [3.63, 3.8) is 0 Å². The highest BCUT2D eigenvalue weighted by Gasteiger charge is 2.30. The zero-order chi connectivity index (χ0) is 12.2. The van der Waals surface area contributed by atoms with E-state index in [-0.39, 0.29) is 5.37 Å². The smallest absolute Gasteiger partial charge is 0.164 e. The van der Waals surface area contributed by atoms with Crippen molar-refractivity contribution in [1.82, 2.24) is 10.2 Å². The molecule has 0 aliphatic carbocycles. The van der Waals surface area contributed by atoms with E-state index in [0.29, 0.717) is 12.3 Å². The Labute approximate surface area is 102 Å². The lowest BCUT2D eigenvalue weighted by atomic mass is 10.2. The quantitative estimate of drug-likeness (QED) is 0.718. The van der Waals surface area contributed by atoms with Gasteiger partial charge in [-0.05, 0) is 12.6 Å². The van der Waals surface area contributed by atoms with Crippen LogP contribution in [-0.4, -0.2) is 63.1 Å². The summed E-state index contributed by atoms with van der Waals surface area (Å²) in [5, 5.41) is 2.68. The Bertz CT molecular complexity index is 341. The Balaban J connectivity index is 2.64. The third-order valence-electron chi connectivity index (χ3n) is 2.54. The maximum absolute atomic E-state index is 11.6. The molecule has 0 radical (unpaired) electrons. The summed E-state index contributed by atoms with van der Waals surface area (Å²) in [6.07, 6.45) is 1.32. The van der Waals surface area contributed by atoms with E-state index in [1.165, 1.54) is 6.26 Å². The molecule has 0 spiro atoms. The van der Waals surface area contributed by atoms with Crippen LogP contribution < -0.4 is 5.32 Å². The van der Waals surface area contributed by atoms with Gasteiger partial charge in [0.15, 0.2) is 9.84 Å². The fourth-order valence-corrected chi connectivity index (χ4v) is 4.73. The average Bonchev–Trinajstić information content (AvgIpc) is 2.17. The monoisotopic (exact) mass is 264 g/mol. The van der Waals surface area contributed by atoms with Gasteiger partial charge in [-0.25, -0.2) is 8.42 Å². The van der Waals surface area contributed by atoms with E-state index in [9.17, 15) is 8.42 Å². The summed E-state index contributed by atoms with van der Waals surface area (Å²) in [6, 6.07) is 0. The maximum Gasteiger partial charge on any atom is 0.164 e. The minimum absolute atomic E-state index is 0.347. The first-order chi connectivity index (χ1) is 7.45. The molecule has 1 rings (SSSR count). The standard InChI is InChI=1S/C10H20N2O2S2/c1-9(6-11-2)7-12-4-5-15-8-10(12)16(3,13)14/h10-11H,1,4-8H2,2-3H3. The van der Waals surface area contributed by atoms with Crippen molar-refractivity contribution < 1.29 is 8.42 Å². The van der Waals surface area contributed by atoms with Crippen molar-refractivity contribution in [2.45, 2.75) is 5.37 Å². The van der Waals surface area contributed by atoms with Crippen LogP contribution >= 0.6 is 11.8 Å². The first-order valence-corrected chi connectivity index (χ1v) is 8.38. The lowest BCUT2D eigenvalue weighted by Gasteiger charge is -2.34. The average molecular weight is 264 g/mol. The zero-order valence-corrected chi connectivity index (χ0v) is 11.5. The van der Waals surface area contributed by atoms with Gasteiger partial charge in [0.2, 0.25) is 0 Å². The van der Waals surface area contributed by atoms with Gasteiger partial charge in [-0.2, -0.15) is 11.8 Å². The Hall–Kier alpha value is -0.0400. The number of likely N-dealkylation sites (N-methyl/N-ethyl adjacent to an activating group) is 1. The predicted octanol–water partition coefficient (Wildman–Crippen LogP) is 0.182. The third kappa shape index (κ3) is 4.08. The van der Waals surface area contributed by atoms with Gasteiger partial charge in [-0.15, -0.1) is 0 Å². The largest absolute Gasteiger partial charge is 0.316 e. The number of hydrogen-bond donors (Lipinski definition) is 1. The highest BCUT2D eigenvalue weighted by atomic mass is 32.2. The fraction of sp³-hybridized carbons (Fsp3) is 0.800. The van der Waals surface area contributed by atoms with E-state index < -0.39 is 9.84 Å². The van der Waals surface area contributed by atoms with E-state index in [1.54, 1.807) is 11.8 Å². The molecule has 6 heteroatoms. The number of hydrogen-bond acceptors (Lipinski definition) is 5. The Morgan fingerprint density at radius 3 is 2.88 bits per heavy atom. The molecule has 0 amide bonds. The van der Waals surface area contributed by atoms with Crippen molar-refractivity contribution in [3.8, 4) is 0 Å². The molecule has 1 N–H and O–H groups in total. The summed E-state index contributed by atoms with van der Waals surface area (Å²) in [7, 11) is -1.13. The van der Waals surface area contributed by atoms with Crippen molar-refractivity contribution >= 4 is 21.6 Å². The first-order valence-electron chi connectivity index (χ1n) is 5.27. The molecule has 94 valence electrons. The molecule has 0 bridgehead atoms. The molecule has 1 aliphatic rings. The summed E-state index contributed by atoms with van der Waals surface area (Å²) >= 11 is 1.71. The number of nitrogens with zero attached hydrogens (tertiary/aromatic N) is 1. The molecule has 0 aromatic carbocycles. The predicted molar refractivity (Wildman–Crippen MR) is 70.6 cm³/mol. The summed E-state index contributed by atoms with van der Waals surface area (Å²) in [4.78, 5) is 2.02. The molecule has 1 unspecified atom stereocenters. The van der Waals surface area contributed by atoms with Gasteiger partial charge in [0.25, 0.3) is 0 Å². The van der Waals surface area contributed by atoms with Crippen LogP contribution in [0.5, 0.6) is 0 Å². The second-order valence-electron chi connectivity index (χ2n) is 4.11. The van der Waals surface area contributed by atoms with Crippen LogP contribution in [0.2, 0.25) is 0 Å². The molecule has 1 aliphatic heterocycles. The number of rotatable bonds is 5. The molecule has 1 fully saturated rings.